The van der Waals surface area contributed by atoms with Crippen molar-refractivity contribution >= 4 is 5.97 Å². The molecule has 2 aromatic heterocycles. The highest BCUT2D eigenvalue weighted by Crippen LogP contribution is 2.58. The minimum atomic E-state index is -0.764. The quantitative estimate of drug-likeness (QED) is 0.813. The Hall–Kier alpha value is -2.01. The first-order valence-corrected chi connectivity index (χ1v) is 9.54. The van der Waals surface area contributed by atoms with E-state index >= 15 is 0 Å². The highest BCUT2D eigenvalue weighted by Gasteiger charge is 2.57. The van der Waals surface area contributed by atoms with E-state index in [1.807, 2.05) is 13.2 Å². The molecule has 5 heteroatoms. The Morgan fingerprint density at radius 1 is 1.46 bits per heavy atom. The lowest BCUT2D eigenvalue weighted by atomic mass is 9.54. The van der Waals surface area contributed by atoms with Crippen molar-refractivity contribution in [3.05, 3.63) is 47.3 Å². The normalized spacial score (nSPS) is 28.4. The summed E-state index contributed by atoms with van der Waals surface area (Å²) in [5.74, 6) is 0.872. The number of ether oxygens (including phenoxy) is 1. The highest BCUT2D eigenvalue weighted by molar-refractivity contribution is 5.80. The first-order valence-electron chi connectivity index (χ1n) is 9.54. The molecule has 0 aliphatic heterocycles. The molecule has 5 nitrogen and oxygen atoms in total. The van der Waals surface area contributed by atoms with Gasteiger partial charge in [-0.3, -0.25) is 4.79 Å². The molecule has 0 saturated carbocycles. The van der Waals surface area contributed by atoms with Gasteiger partial charge in [-0.15, -0.1) is 0 Å². The van der Waals surface area contributed by atoms with E-state index in [1.165, 1.54) is 11.1 Å². The van der Waals surface area contributed by atoms with Crippen molar-refractivity contribution in [1.29, 1.82) is 0 Å². The van der Waals surface area contributed by atoms with Crippen LogP contribution < -0.4 is 0 Å². The maximum Gasteiger partial charge on any atom is 0.313 e. The summed E-state index contributed by atoms with van der Waals surface area (Å²) >= 11 is 0. The number of aliphatic hydroxyl groups is 1. The van der Waals surface area contributed by atoms with Gasteiger partial charge < -0.3 is 18.7 Å². The van der Waals surface area contributed by atoms with E-state index in [0.717, 1.165) is 25.0 Å². The first kappa shape index (κ1) is 17.4. The molecular formula is C21H26O5. The molecule has 0 fully saturated rings. The Morgan fingerprint density at radius 3 is 3.04 bits per heavy atom. The second kappa shape index (κ2) is 6.62. The SMILES string of the molecule is CCOC(=O)[C@]1(C[C@H](O)c2ccoc2)[C@H](C)Cc2occ3c2[C@@H]1CCC3. The smallest absolute Gasteiger partial charge is 0.313 e. The van der Waals surface area contributed by atoms with Crippen LogP contribution in [0.25, 0.3) is 0 Å². The number of carbonyl (C=O) groups is 1. The predicted molar refractivity (Wildman–Crippen MR) is 94.6 cm³/mol. The lowest BCUT2D eigenvalue weighted by Crippen LogP contribution is -2.49. The zero-order chi connectivity index (χ0) is 18.3. The maximum absolute atomic E-state index is 13.3. The van der Waals surface area contributed by atoms with Gasteiger partial charge in [0.25, 0.3) is 0 Å². The van der Waals surface area contributed by atoms with Crippen molar-refractivity contribution in [1.82, 2.24) is 0 Å². The van der Waals surface area contributed by atoms with Gasteiger partial charge in [-0.25, -0.2) is 0 Å². The molecule has 140 valence electrons. The monoisotopic (exact) mass is 358 g/mol. The standard InChI is InChI=1S/C21H26O5/c1-3-25-20(23)21(10-17(22)14-7-8-24-11-14)13(2)9-18-19-15(12-26-18)5-4-6-16(19)21/h7-8,11-13,16-17,22H,3-6,9-10H2,1-2H3/t13-,16+,17+,21-/m1/s1. The average Bonchev–Trinajstić information content (AvgIpc) is 3.29. The van der Waals surface area contributed by atoms with E-state index < -0.39 is 11.5 Å². The number of hydrogen-bond acceptors (Lipinski definition) is 5. The summed E-state index contributed by atoms with van der Waals surface area (Å²) in [6, 6.07) is 1.76. The molecule has 0 spiro atoms. The first-order chi connectivity index (χ1) is 12.6. The molecule has 0 aromatic carbocycles. The maximum atomic E-state index is 13.3. The molecule has 0 amide bonds. The topological polar surface area (TPSA) is 72.8 Å². The van der Waals surface area contributed by atoms with Crippen molar-refractivity contribution < 1.29 is 23.5 Å². The zero-order valence-corrected chi connectivity index (χ0v) is 15.4. The highest BCUT2D eigenvalue weighted by atomic mass is 16.5. The number of aliphatic hydroxyl groups excluding tert-OH is 1. The van der Waals surface area contributed by atoms with Crippen LogP contribution in [0.3, 0.4) is 0 Å². The lowest BCUT2D eigenvalue weighted by molar-refractivity contribution is -0.165. The fraction of sp³-hybridized carbons (Fsp3) is 0.571. The summed E-state index contributed by atoms with van der Waals surface area (Å²) in [6.45, 7) is 4.26. The van der Waals surface area contributed by atoms with Gasteiger partial charge >= 0.3 is 5.97 Å². The van der Waals surface area contributed by atoms with E-state index in [4.69, 9.17) is 13.6 Å². The van der Waals surface area contributed by atoms with Gasteiger partial charge in [-0.1, -0.05) is 6.92 Å². The van der Waals surface area contributed by atoms with E-state index in [0.29, 0.717) is 25.0 Å². The van der Waals surface area contributed by atoms with Crippen LogP contribution in [-0.4, -0.2) is 17.7 Å². The van der Waals surface area contributed by atoms with E-state index in [1.54, 1.807) is 18.6 Å². The van der Waals surface area contributed by atoms with Crippen molar-refractivity contribution in [2.75, 3.05) is 6.61 Å². The minimum Gasteiger partial charge on any atom is -0.472 e. The Balaban J connectivity index is 1.79. The Bertz CT molecular complexity index is 774. The second-order valence-corrected chi connectivity index (χ2v) is 7.69. The minimum absolute atomic E-state index is 0.0256. The third kappa shape index (κ3) is 2.52. The predicted octanol–water partition coefficient (Wildman–Crippen LogP) is 4.16. The molecule has 0 bridgehead atoms. The molecule has 0 saturated heterocycles. The third-order valence-electron chi connectivity index (χ3n) is 6.38. The van der Waals surface area contributed by atoms with Gasteiger partial charge in [0.05, 0.1) is 36.9 Å². The fourth-order valence-electron chi connectivity index (χ4n) is 5.12. The van der Waals surface area contributed by atoms with Gasteiger partial charge in [0.2, 0.25) is 0 Å². The summed E-state index contributed by atoms with van der Waals surface area (Å²) in [7, 11) is 0. The fourth-order valence-corrected chi connectivity index (χ4v) is 5.12. The number of aryl methyl sites for hydroxylation is 1. The molecule has 1 N–H and O–H groups in total. The third-order valence-corrected chi connectivity index (χ3v) is 6.38. The van der Waals surface area contributed by atoms with E-state index in [9.17, 15) is 9.90 Å². The number of furan rings is 2. The van der Waals surface area contributed by atoms with E-state index in [2.05, 4.69) is 6.92 Å². The summed E-state index contributed by atoms with van der Waals surface area (Å²) in [5.41, 5.74) is 2.37. The Kier molecular flexibility index (Phi) is 4.43. The molecule has 4 atom stereocenters. The number of carbonyl (C=O) groups excluding carboxylic acids is 1. The Morgan fingerprint density at radius 2 is 2.31 bits per heavy atom. The van der Waals surface area contributed by atoms with Crippen LogP contribution in [0, 0.1) is 11.3 Å². The Labute approximate surface area is 153 Å². The lowest BCUT2D eigenvalue weighted by Gasteiger charge is -2.48. The van der Waals surface area contributed by atoms with E-state index in [-0.39, 0.29) is 17.8 Å². The van der Waals surface area contributed by atoms with Gasteiger partial charge in [0.15, 0.2) is 0 Å². The van der Waals surface area contributed by atoms with Crippen LogP contribution in [0.5, 0.6) is 0 Å². The van der Waals surface area contributed by atoms with Crippen molar-refractivity contribution in [2.24, 2.45) is 11.3 Å². The van der Waals surface area contributed by atoms with Gasteiger partial charge in [0.1, 0.15) is 5.76 Å². The van der Waals surface area contributed by atoms with Crippen LogP contribution in [-0.2, 0) is 22.4 Å². The zero-order valence-electron chi connectivity index (χ0n) is 15.4. The molecule has 4 rings (SSSR count). The van der Waals surface area contributed by atoms with Crippen molar-refractivity contribution in [3.8, 4) is 0 Å². The van der Waals surface area contributed by atoms with Crippen LogP contribution in [0.2, 0.25) is 0 Å². The number of hydrogen-bond donors (Lipinski definition) is 1. The van der Waals surface area contributed by atoms with Gasteiger partial charge in [0, 0.05) is 23.5 Å². The van der Waals surface area contributed by atoms with Crippen LogP contribution >= 0.6 is 0 Å². The molecule has 2 aliphatic carbocycles. The van der Waals surface area contributed by atoms with Gasteiger partial charge in [-0.05, 0) is 50.2 Å². The molecule has 2 aliphatic rings. The molecule has 0 radical (unpaired) electrons. The van der Waals surface area contributed by atoms with Crippen molar-refractivity contribution in [3.63, 3.8) is 0 Å². The van der Waals surface area contributed by atoms with Crippen LogP contribution in [0.1, 0.15) is 67.6 Å². The molecule has 0 unspecified atom stereocenters. The second-order valence-electron chi connectivity index (χ2n) is 7.69. The molecule has 2 aromatic rings. The largest absolute Gasteiger partial charge is 0.472 e. The molecule has 26 heavy (non-hydrogen) atoms. The van der Waals surface area contributed by atoms with Crippen LogP contribution in [0.4, 0.5) is 0 Å². The summed E-state index contributed by atoms with van der Waals surface area (Å²) in [5, 5.41) is 10.9. The number of rotatable bonds is 5. The summed E-state index contributed by atoms with van der Waals surface area (Å²) in [6.07, 6.45) is 8.15. The van der Waals surface area contributed by atoms with Gasteiger partial charge in [-0.2, -0.15) is 0 Å². The molecule has 2 heterocycles. The summed E-state index contributed by atoms with van der Waals surface area (Å²) in [4.78, 5) is 13.3. The number of esters is 1. The van der Waals surface area contributed by atoms with Crippen molar-refractivity contribution in [2.45, 2.75) is 58.0 Å². The average molecular weight is 358 g/mol. The van der Waals surface area contributed by atoms with Crippen LogP contribution in [0.15, 0.2) is 33.7 Å². The molecular weight excluding hydrogens is 332 g/mol. The summed E-state index contributed by atoms with van der Waals surface area (Å²) < 4.78 is 16.5.